The van der Waals surface area contributed by atoms with Crippen molar-refractivity contribution in [1.29, 1.82) is 0 Å². The molecule has 0 bridgehead atoms. The number of carbonyl (C=O) groups is 1. The van der Waals surface area contributed by atoms with Crippen molar-refractivity contribution in [3.63, 3.8) is 0 Å². The Morgan fingerprint density at radius 3 is 2.62 bits per heavy atom. The number of nitrogens with zero attached hydrogens (tertiary/aromatic N) is 1. The summed E-state index contributed by atoms with van der Waals surface area (Å²) in [5.41, 5.74) is 10.2. The lowest BCUT2D eigenvalue weighted by Crippen LogP contribution is -2.31. The number of ketones is 1. The first-order chi connectivity index (χ1) is 11.6. The summed E-state index contributed by atoms with van der Waals surface area (Å²) >= 11 is 3.20. The van der Waals surface area contributed by atoms with Gasteiger partial charge in [-0.15, -0.1) is 23.1 Å². The molecule has 0 radical (unpaired) electrons. The zero-order valence-corrected chi connectivity index (χ0v) is 15.3. The average molecular weight is 356 g/mol. The Balaban J connectivity index is 2.01. The van der Waals surface area contributed by atoms with Crippen LogP contribution in [0.2, 0.25) is 0 Å². The fourth-order valence-corrected chi connectivity index (χ4v) is 4.83. The van der Waals surface area contributed by atoms with E-state index in [1.807, 2.05) is 54.2 Å². The second kappa shape index (κ2) is 7.20. The largest absolute Gasteiger partial charge is 0.392 e. The molecule has 0 amide bonds. The number of pyridine rings is 1. The highest BCUT2D eigenvalue weighted by Crippen LogP contribution is 2.40. The summed E-state index contributed by atoms with van der Waals surface area (Å²) in [4.78, 5) is 12.6. The summed E-state index contributed by atoms with van der Waals surface area (Å²) in [6.07, 6.45) is 4.01. The smallest absolute Gasteiger partial charge is 0.259 e. The number of aromatic nitrogens is 1. The average Bonchev–Trinajstić information content (AvgIpc) is 2.90. The SMILES string of the molecule is CC(=O)c1sc(SCc2ccccc2)c(-[n+]2cccc(C)c2)c1N. The number of anilines is 1. The van der Waals surface area contributed by atoms with Gasteiger partial charge in [-0.3, -0.25) is 4.79 Å². The van der Waals surface area contributed by atoms with Gasteiger partial charge < -0.3 is 5.73 Å². The van der Waals surface area contributed by atoms with Gasteiger partial charge in [0.15, 0.2) is 18.2 Å². The Kier molecular flexibility index (Phi) is 5.02. The van der Waals surface area contributed by atoms with E-state index in [9.17, 15) is 4.79 Å². The minimum atomic E-state index is 0.0126. The van der Waals surface area contributed by atoms with E-state index in [1.165, 1.54) is 16.9 Å². The number of rotatable bonds is 5. The molecule has 3 rings (SSSR count). The number of thiophene rings is 1. The number of nitrogens with two attached hydrogens (primary N) is 1. The number of Topliss-reactive ketones (excluding diaryl/α,β-unsaturated/α-hetero) is 1. The number of thioether (sulfide) groups is 1. The van der Waals surface area contributed by atoms with Crippen LogP contribution in [0, 0.1) is 6.92 Å². The zero-order valence-electron chi connectivity index (χ0n) is 13.7. The first-order valence-corrected chi connectivity index (χ1v) is 9.44. The van der Waals surface area contributed by atoms with Gasteiger partial charge in [0, 0.05) is 24.3 Å². The van der Waals surface area contributed by atoms with Gasteiger partial charge in [0.1, 0.15) is 14.8 Å². The first-order valence-electron chi connectivity index (χ1n) is 7.64. The summed E-state index contributed by atoms with van der Waals surface area (Å²) in [7, 11) is 0. The molecule has 0 aliphatic carbocycles. The molecule has 0 aliphatic heterocycles. The second-order valence-corrected chi connectivity index (χ2v) is 7.86. The first kappa shape index (κ1) is 16.7. The van der Waals surface area contributed by atoms with Crippen LogP contribution in [0.4, 0.5) is 5.69 Å². The highest BCUT2D eigenvalue weighted by molar-refractivity contribution is 8.00. The van der Waals surface area contributed by atoms with Crippen LogP contribution in [0.15, 0.2) is 59.1 Å². The summed E-state index contributed by atoms with van der Waals surface area (Å²) in [5, 5.41) is 0. The van der Waals surface area contributed by atoms with Gasteiger partial charge in [-0.05, 0) is 18.6 Å². The predicted molar refractivity (Wildman–Crippen MR) is 101 cm³/mol. The van der Waals surface area contributed by atoms with Gasteiger partial charge in [0.25, 0.3) is 5.69 Å². The standard InChI is InChI=1S/C19H18N2OS2/c1-13-7-6-10-21(11-13)17-16(20)18(14(2)22)24-19(17)23-12-15-8-4-3-5-9-15/h3-11H,12H2,1-2H3,(H-,20,22)/p+1. The van der Waals surface area contributed by atoms with E-state index in [0.29, 0.717) is 10.6 Å². The van der Waals surface area contributed by atoms with Crippen molar-refractivity contribution in [1.82, 2.24) is 0 Å². The van der Waals surface area contributed by atoms with E-state index in [-0.39, 0.29) is 5.78 Å². The van der Waals surface area contributed by atoms with E-state index in [4.69, 9.17) is 5.73 Å². The quantitative estimate of drug-likeness (QED) is 0.419. The van der Waals surface area contributed by atoms with Crippen molar-refractivity contribution in [3.8, 4) is 5.69 Å². The summed E-state index contributed by atoms with van der Waals surface area (Å²) in [6.45, 7) is 3.61. The summed E-state index contributed by atoms with van der Waals surface area (Å²) in [6, 6.07) is 14.3. The van der Waals surface area contributed by atoms with Crippen molar-refractivity contribution >= 4 is 34.6 Å². The Hall–Kier alpha value is -2.11. The molecule has 0 spiro atoms. The molecular weight excluding hydrogens is 336 g/mol. The maximum Gasteiger partial charge on any atom is 0.259 e. The van der Waals surface area contributed by atoms with E-state index in [0.717, 1.165) is 21.2 Å². The van der Waals surface area contributed by atoms with E-state index < -0.39 is 0 Å². The van der Waals surface area contributed by atoms with E-state index >= 15 is 0 Å². The maximum absolute atomic E-state index is 11.9. The molecule has 3 nitrogen and oxygen atoms in total. The van der Waals surface area contributed by atoms with Crippen LogP contribution in [0.25, 0.3) is 5.69 Å². The lowest BCUT2D eigenvalue weighted by molar-refractivity contribution is -0.597. The van der Waals surface area contributed by atoms with Gasteiger partial charge >= 0.3 is 0 Å². The third-order valence-corrected chi connectivity index (χ3v) is 6.25. The molecule has 24 heavy (non-hydrogen) atoms. The molecule has 0 atom stereocenters. The molecule has 0 fully saturated rings. The molecule has 0 saturated heterocycles. The summed E-state index contributed by atoms with van der Waals surface area (Å²) in [5.74, 6) is 0.857. The topological polar surface area (TPSA) is 47.0 Å². The van der Waals surface area contributed by atoms with E-state index in [2.05, 4.69) is 12.1 Å². The van der Waals surface area contributed by atoms with Crippen molar-refractivity contribution in [2.75, 3.05) is 5.73 Å². The Labute approximate surface area is 150 Å². The van der Waals surface area contributed by atoms with Crippen LogP contribution in [0.3, 0.4) is 0 Å². The second-order valence-electron chi connectivity index (χ2n) is 5.60. The third kappa shape index (κ3) is 3.52. The number of nitrogen functional groups attached to an aromatic ring is 1. The van der Waals surface area contributed by atoms with Gasteiger partial charge in [0.2, 0.25) is 0 Å². The van der Waals surface area contributed by atoms with Crippen LogP contribution in [-0.4, -0.2) is 5.78 Å². The molecule has 2 aromatic heterocycles. The van der Waals surface area contributed by atoms with Crippen LogP contribution >= 0.6 is 23.1 Å². The van der Waals surface area contributed by atoms with Crippen molar-refractivity contribution in [2.24, 2.45) is 0 Å². The number of hydrogen-bond donors (Lipinski definition) is 1. The normalized spacial score (nSPS) is 10.8. The number of hydrogen-bond acceptors (Lipinski definition) is 4. The molecule has 2 heterocycles. The highest BCUT2D eigenvalue weighted by Gasteiger charge is 2.26. The predicted octanol–water partition coefficient (Wildman–Crippen LogP) is 4.41. The number of carbonyl (C=O) groups excluding carboxylic acids is 1. The molecule has 3 aromatic rings. The monoisotopic (exact) mass is 355 g/mol. The fourth-order valence-electron chi connectivity index (χ4n) is 2.47. The molecule has 0 unspecified atom stereocenters. The van der Waals surface area contributed by atoms with Gasteiger partial charge in [0.05, 0.1) is 0 Å². The molecule has 0 aliphatic rings. The van der Waals surface area contributed by atoms with Crippen LogP contribution in [0.1, 0.15) is 27.7 Å². The summed E-state index contributed by atoms with van der Waals surface area (Å²) < 4.78 is 3.08. The van der Waals surface area contributed by atoms with Gasteiger partial charge in [-0.25, -0.2) is 0 Å². The number of aryl methyl sites for hydroxylation is 1. The molecule has 1 aromatic carbocycles. The molecule has 0 saturated carbocycles. The zero-order chi connectivity index (χ0) is 17.1. The van der Waals surface area contributed by atoms with Crippen LogP contribution in [-0.2, 0) is 5.75 Å². The van der Waals surface area contributed by atoms with E-state index in [1.54, 1.807) is 18.7 Å². The molecular formula is C19H19N2OS2+. The molecule has 2 N–H and O–H groups in total. The van der Waals surface area contributed by atoms with Crippen LogP contribution in [0.5, 0.6) is 0 Å². The number of benzene rings is 1. The lowest BCUT2D eigenvalue weighted by Gasteiger charge is -2.02. The Morgan fingerprint density at radius 2 is 1.96 bits per heavy atom. The molecule has 122 valence electrons. The minimum Gasteiger partial charge on any atom is -0.392 e. The van der Waals surface area contributed by atoms with Crippen molar-refractivity contribution < 1.29 is 9.36 Å². The maximum atomic E-state index is 11.9. The van der Waals surface area contributed by atoms with Gasteiger partial charge in [-0.2, -0.15) is 4.57 Å². The fraction of sp³-hybridized carbons (Fsp3) is 0.158. The highest BCUT2D eigenvalue weighted by atomic mass is 32.2. The lowest BCUT2D eigenvalue weighted by atomic mass is 10.2. The Bertz CT molecular complexity index is 872. The van der Waals surface area contributed by atoms with Crippen LogP contribution < -0.4 is 10.3 Å². The Morgan fingerprint density at radius 1 is 1.21 bits per heavy atom. The minimum absolute atomic E-state index is 0.0126. The third-order valence-electron chi connectivity index (χ3n) is 3.63. The molecule has 5 heteroatoms. The van der Waals surface area contributed by atoms with Gasteiger partial charge in [-0.1, -0.05) is 30.3 Å². The van der Waals surface area contributed by atoms with Crippen molar-refractivity contribution in [2.45, 2.75) is 23.8 Å². The van der Waals surface area contributed by atoms with Crippen molar-refractivity contribution in [3.05, 3.63) is 70.9 Å².